The first-order valence-electron chi connectivity index (χ1n) is 7.23. The predicted molar refractivity (Wildman–Crippen MR) is 73.5 cm³/mol. The fraction of sp³-hybridized carbons (Fsp3) is 0.929. The summed E-state index contributed by atoms with van der Waals surface area (Å²) in [6.45, 7) is 7.37. The molecule has 0 bridgehead atoms. The SMILES string of the molecule is CC1CC(NC(=O)C2(C)CCNCC2)CCN1C. The molecule has 0 aliphatic carbocycles. The molecule has 104 valence electrons. The third kappa shape index (κ3) is 3.04. The largest absolute Gasteiger partial charge is 0.353 e. The Bertz CT molecular complexity index is 299. The van der Waals surface area contributed by atoms with Crippen LogP contribution in [0.4, 0.5) is 0 Å². The maximum absolute atomic E-state index is 12.4. The number of likely N-dealkylation sites (tertiary alicyclic amines) is 1. The lowest BCUT2D eigenvalue weighted by Gasteiger charge is -2.38. The van der Waals surface area contributed by atoms with Crippen molar-refractivity contribution in [2.45, 2.75) is 51.6 Å². The van der Waals surface area contributed by atoms with E-state index in [0.29, 0.717) is 12.1 Å². The standard InChI is InChI=1S/C14H27N3O/c1-11-10-12(4-9-17(11)3)16-13(18)14(2)5-7-15-8-6-14/h11-12,15H,4-10H2,1-3H3,(H,16,18). The summed E-state index contributed by atoms with van der Waals surface area (Å²) < 4.78 is 0. The first-order valence-corrected chi connectivity index (χ1v) is 7.23. The molecule has 2 aliphatic rings. The van der Waals surface area contributed by atoms with Crippen molar-refractivity contribution in [3.8, 4) is 0 Å². The van der Waals surface area contributed by atoms with Crippen molar-refractivity contribution < 1.29 is 4.79 Å². The van der Waals surface area contributed by atoms with E-state index in [0.717, 1.165) is 45.3 Å². The second kappa shape index (κ2) is 5.57. The Kier molecular flexibility index (Phi) is 4.28. The summed E-state index contributed by atoms with van der Waals surface area (Å²) in [6.07, 6.45) is 4.08. The van der Waals surface area contributed by atoms with Crippen molar-refractivity contribution in [1.29, 1.82) is 0 Å². The summed E-state index contributed by atoms with van der Waals surface area (Å²) in [4.78, 5) is 14.8. The Hall–Kier alpha value is -0.610. The molecule has 18 heavy (non-hydrogen) atoms. The lowest BCUT2D eigenvalue weighted by atomic mass is 9.79. The topological polar surface area (TPSA) is 44.4 Å². The number of nitrogens with one attached hydrogen (secondary N) is 2. The minimum absolute atomic E-state index is 0.155. The first-order chi connectivity index (χ1) is 8.51. The van der Waals surface area contributed by atoms with E-state index in [4.69, 9.17) is 0 Å². The van der Waals surface area contributed by atoms with Crippen molar-refractivity contribution in [3.05, 3.63) is 0 Å². The monoisotopic (exact) mass is 253 g/mol. The minimum atomic E-state index is -0.155. The van der Waals surface area contributed by atoms with Gasteiger partial charge in [0.2, 0.25) is 5.91 Å². The Morgan fingerprint density at radius 1 is 1.39 bits per heavy atom. The Morgan fingerprint density at radius 2 is 2.06 bits per heavy atom. The number of amides is 1. The van der Waals surface area contributed by atoms with Gasteiger partial charge in [-0.3, -0.25) is 4.79 Å². The molecule has 0 spiro atoms. The molecule has 4 nitrogen and oxygen atoms in total. The Balaban J connectivity index is 1.87. The Labute approximate surface area is 110 Å². The van der Waals surface area contributed by atoms with Crippen LogP contribution in [-0.4, -0.2) is 49.6 Å². The van der Waals surface area contributed by atoms with Gasteiger partial charge >= 0.3 is 0 Å². The molecule has 4 heteroatoms. The van der Waals surface area contributed by atoms with Crippen LogP contribution in [0.25, 0.3) is 0 Å². The third-order valence-corrected chi connectivity index (χ3v) is 4.80. The van der Waals surface area contributed by atoms with Gasteiger partial charge in [-0.15, -0.1) is 0 Å². The highest BCUT2D eigenvalue weighted by Gasteiger charge is 2.36. The van der Waals surface area contributed by atoms with Crippen LogP contribution in [0.3, 0.4) is 0 Å². The van der Waals surface area contributed by atoms with Gasteiger partial charge in [0.05, 0.1) is 0 Å². The molecule has 2 N–H and O–H groups in total. The quantitative estimate of drug-likeness (QED) is 0.771. The fourth-order valence-electron chi connectivity index (χ4n) is 2.99. The lowest BCUT2D eigenvalue weighted by molar-refractivity contribution is -0.132. The zero-order valence-electron chi connectivity index (χ0n) is 12.0. The molecule has 2 rings (SSSR count). The van der Waals surface area contributed by atoms with E-state index >= 15 is 0 Å². The van der Waals surface area contributed by atoms with Gasteiger partial charge in [0.15, 0.2) is 0 Å². The lowest BCUT2D eigenvalue weighted by Crippen LogP contribution is -2.52. The number of piperidine rings is 2. The van der Waals surface area contributed by atoms with Crippen LogP contribution >= 0.6 is 0 Å². The molecule has 0 aromatic carbocycles. The molecule has 1 amide bonds. The summed E-state index contributed by atoms with van der Waals surface area (Å²) in [5, 5.41) is 6.61. The van der Waals surface area contributed by atoms with Crippen LogP contribution in [0.2, 0.25) is 0 Å². The summed E-state index contributed by atoms with van der Waals surface area (Å²) in [6, 6.07) is 0.945. The van der Waals surface area contributed by atoms with Gasteiger partial charge in [-0.05, 0) is 52.7 Å². The van der Waals surface area contributed by atoms with E-state index in [9.17, 15) is 4.79 Å². The van der Waals surface area contributed by atoms with E-state index in [1.807, 2.05) is 0 Å². The van der Waals surface area contributed by atoms with Crippen LogP contribution in [-0.2, 0) is 4.79 Å². The molecule has 2 atom stereocenters. The normalized spacial score (nSPS) is 33.1. The van der Waals surface area contributed by atoms with Gasteiger partial charge < -0.3 is 15.5 Å². The van der Waals surface area contributed by atoms with Crippen molar-refractivity contribution in [1.82, 2.24) is 15.5 Å². The second-order valence-corrected chi connectivity index (χ2v) is 6.34. The van der Waals surface area contributed by atoms with Crippen molar-refractivity contribution in [2.75, 3.05) is 26.7 Å². The number of carbonyl (C=O) groups excluding carboxylic acids is 1. The molecule has 2 heterocycles. The molecule has 0 aromatic heterocycles. The average molecular weight is 253 g/mol. The second-order valence-electron chi connectivity index (χ2n) is 6.34. The van der Waals surface area contributed by atoms with Crippen molar-refractivity contribution in [3.63, 3.8) is 0 Å². The van der Waals surface area contributed by atoms with E-state index in [-0.39, 0.29) is 11.3 Å². The van der Waals surface area contributed by atoms with E-state index < -0.39 is 0 Å². The molecule has 2 aliphatic heterocycles. The zero-order chi connectivity index (χ0) is 13.2. The van der Waals surface area contributed by atoms with E-state index in [2.05, 4.69) is 36.4 Å². The number of carbonyl (C=O) groups is 1. The molecule has 0 radical (unpaired) electrons. The van der Waals surface area contributed by atoms with Crippen LogP contribution in [0.15, 0.2) is 0 Å². The van der Waals surface area contributed by atoms with Gasteiger partial charge in [0, 0.05) is 24.0 Å². The molecule has 2 saturated heterocycles. The van der Waals surface area contributed by atoms with Gasteiger partial charge in [0.1, 0.15) is 0 Å². The van der Waals surface area contributed by atoms with Gasteiger partial charge in [-0.25, -0.2) is 0 Å². The molecule has 0 aromatic rings. The number of nitrogens with zero attached hydrogens (tertiary/aromatic N) is 1. The number of hydrogen-bond acceptors (Lipinski definition) is 3. The van der Waals surface area contributed by atoms with Gasteiger partial charge in [0.25, 0.3) is 0 Å². The van der Waals surface area contributed by atoms with Crippen LogP contribution in [0.1, 0.15) is 39.5 Å². The zero-order valence-corrected chi connectivity index (χ0v) is 12.0. The first kappa shape index (κ1) is 13.8. The third-order valence-electron chi connectivity index (χ3n) is 4.80. The average Bonchev–Trinajstić information content (AvgIpc) is 2.35. The Morgan fingerprint density at radius 3 is 2.67 bits per heavy atom. The fourth-order valence-corrected chi connectivity index (χ4v) is 2.99. The summed E-state index contributed by atoms with van der Waals surface area (Å²) >= 11 is 0. The predicted octanol–water partition coefficient (Wildman–Crippen LogP) is 0.975. The summed E-state index contributed by atoms with van der Waals surface area (Å²) in [7, 11) is 2.16. The van der Waals surface area contributed by atoms with Crippen LogP contribution < -0.4 is 10.6 Å². The minimum Gasteiger partial charge on any atom is -0.353 e. The molecular formula is C14H27N3O. The highest BCUT2D eigenvalue weighted by molar-refractivity contribution is 5.82. The summed E-state index contributed by atoms with van der Waals surface area (Å²) in [5.41, 5.74) is -0.155. The van der Waals surface area contributed by atoms with E-state index in [1.54, 1.807) is 0 Å². The summed E-state index contributed by atoms with van der Waals surface area (Å²) in [5.74, 6) is 0.269. The maximum atomic E-state index is 12.4. The van der Waals surface area contributed by atoms with Gasteiger partial charge in [-0.1, -0.05) is 6.92 Å². The highest BCUT2D eigenvalue weighted by Crippen LogP contribution is 2.28. The van der Waals surface area contributed by atoms with Crippen molar-refractivity contribution in [2.24, 2.45) is 5.41 Å². The highest BCUT2D eigenvalue weighted by atomic mass is 16.2. The van der Waals surface area contributed by atoms with Gasteiger partial charge in [-0.2, -0.15) is 0 Å². The van der Waals surface area contributed by atoms with Crippen LogP contribution in [0.5, 0.6) is 0 Å². The maximum Gasteiger partial charge on any atom is 0.226 e. The molecule has 2 fully saturated rings. The van der Waals surface area contributed by atoms with Crippen LogP contribution in [0, 0.1) is 5.41 Å². The smallest absolute Gasteiger partial charge is 0.226 e. The molecule has 0 saturated carbocycles. The van der Waals surface area contributed by atoms with E-state index in [1.165, 1.54) is 0 Å². The molecular weight excluding hydrogens is 226 g/mol. The molecule has 2 unspecified atom stereocenters. The van der Waals surface area contributed by atoms with Crippen molar-refractivity contribution >= 4 is 5.91 Å². The number of hydrogen-bond donors (Lipinski definition) is 2. The number of rotatable bonds is 2.